The fraction of sp³-hybridized carbons (Fsp3) is 0.416. The zero-order chi connectivity index (χ0) is 89.4. The SMILES string of the molecule is C=C(NC(=O)C(=C)NC(=O)c1csc(C2=NC3c4csc(n4)C4NC(=O)c5csc(n5)C(C(C)(O)C(C)O)NC(=O)C5CSC(=N5)/C(=C\C)NC(=O)C(C(C)O)NC(=O)c5csc(n5)C3(CC2)NC(=O)C(C)NC(=O)C(=C)NC(=O)C(=C)NC(=O)C(C(C)C)NC2C=Cc3c(C(C)OC(=O)CCCCC(=O)[O-])cc(nc3C2O)C(=O)OC4C)n1)C(N)=O.[Na+]. The van der Waals surface area contributed by atoms with E-state index in [1.807, 2.05) is 0 Å². The molecule has 15 unspecified atom stereocenters. The first-order chi connectivity index (χ1) is 57.5. The van der Waals surface area contributed by atoms with Gasteiger partial charge in [-0.25, -0.2) is 29.7 Å². The Morgan fingerprint density at radius 1 is 0.764 bits per heavy atom. The van der Waals surface area contributed by atoms with Crippen LogP contribution in [0.1, 0.15) is 216 Å². The number of thiazole rings is 4. The smallest absolute Gasteiger partial charge is 0.550 e. The average molecular weight is 1800 g/mol. The van der Waals surface area contributed by atoms with Crippen LogP contribution in [0.4, 0.5) is 0 Å². The minimum Gasteiger partial charge on any atom is -0.550 e. The van der Waals surface area contributed by atoms with E-state index in [4.69, 9.17) is 30.2 Å². The number of pyridine rings is 1. The summed E-state index contributed by atoms with van der Waals surface area (Å²) in [6.07, 6.45) is -4.47. The molecule has 9 heterocycles. The molecule has 17 N–H and O–H groups in total. The number of cyclic esters (lactones) is 1. The summed E-state index contributed by atoms with van der Waals surface area (Å²) in [5.74, 6) is -15.2. The second-order valence-electron chi connectivity index (χ2n) is 29.4. The number of amides is 11. The van der Waals surface area contributed by atoms with Gasteiger partial charge in [-0.2, -0.15) is 0 Å². The molecule has 1 aliphatic carbocycles. The Balaban J connectivity index is 0.0000172. The Bertz CT molecular complexity index is 5260. The predicted molar refractivity (Wildman–Crippen MR) is 441 cm³/mol. The number of aliphatic hydroxyl groups is 4. The number of unbranched alkanes of at least 4 members (excludes halogenated alkanes) is 1. The van der Waals surface area contributed by atoms with Crippen molar-refractivity contribution in [3.63, 3.8) is 0 Å². The fourth-order valence-electron chi connectivity index (χ4n) is 12.9. The molecule has 0 spiro atoms. The zero-order valence-electron chi connectivity index (χ0n) is 68.0. The fourth-order valence-corrected chi connectivity index (χ4v) is 17.7. The summed E-state index contributed by atoms with van der Waals surface area (Å²) in [7, 11) is 0. The summed E-state index contributed by atoms with van der Waals surface area (Å²) in [6.45, 7) is 26.9. The van der Waals surface area contributed by atoms with Crippen molar-refractivity contribution in [3.8, 4) is 0 Å². The van der Waals surface area contributed by atoms with E-state index in [0.29, 0.717) is 0 Å². The minimum atomic E-state index is -2.24. The van der Waals surface area contributed by atoms with Crippen molar-refractivity contribution >= 4 is 157 Å². The van der Waals surface area contributed by atoms with Crippen molar-refractivity contribution in [2.75, 3.05) is 5.75 Å². The Hall–Kier alpha value is -10.8. The second kappa shape index (κ2) is 40.7. The predicted octanol–water partition coefficient (Wildman–Crippen LogP) is -2.63. The van der Waals surface area contributed by atoms with Gasteiger partial charge in [-0.3, -0.25) is 72.8 Å². The molecule has 0 aromatic carbocycles. The Labute approximate surface area is 744 Å². The van der Waals surface area contributed by atoms with Crippen LogP contribution in [-0.4, -0.2) is 199 Å². The van der Waals surface area contributed by atoms with Gasteiger partial charge in [0.2, 0.25) is 23.6 Å². The first-order valence-corrected chi connectivity index (χ1v) is 42.3. The van der Waals surface area contributed by atoms with Crippen molar-refractivity contribution in [3.05, 3.63) is 160 Å². The van der Waals surface area contributed by atoms with E-state index in [2.05, 4.69) is 105 Å². The molecule has 13 bridgehead atoms. The number of carbonyl (C=O) groups is 14. The van der Waals surface area contributed by atoms with E-state index in [-0.39, 0.29) is 144 Å². The monoisotopic (exact) mass is 1800 g/mol. The number of esters is 2. The summed E-state index contributed by atoms with van der Waals surface area (Å²) < 4.78 is 12.2. The number of nitrogens with zero attached hydrogens (tertiary/aromatic N) is 7. The third-order valence-corrected chi connectivity index (χ3v) is 24.9. The topological polar surface area (TPSA) is 609 Å². The number of nitrogens with two attached hydrogens (primary N) is 1. The van der Waals surface area contributed by atoms with Gasteiger partial charge in [0.15, 0.2) is 0 Å². The number of primary amides is 1. The van der Waals surface area contributed by atoms with Crippen molar-refractivity contribution < 1.29 is 132 Å². The normalized spacial score (nSPS) is 24.8. The number of ether oxygens (including phenoxy) is 2. The number of allylic oxidation sites excluding steroid dienone is 1. The molecule has 11 amide bonds. The summed E-state index contributed by atoms with van der Waals surface area (Å²) in [4.78, 5) is 229. The Kier molecular flexibility index (Phi) is 31.7. The molecule has 648 valence electrons. The number of carbonyl (C=O) groups excluding carboxylic acids is 14. The van der Waals surface area contributed by atoms with E-state index in [1.165, 1.54) is 94.3 Å². The van der Waals surface area contributed by atoms with E-state index in [9.17, 15) is 78.3 Å². The van der Waals surface area contributed by atoms with Crippen LogP contribution in [0.25, 0.3) is 6.08 Å². The summed E-state index contributed by atoms with van der Waals surface area (Å²) >= 11 is 4.28. The van der Waals surface area contributed by atoms with Gasteiger partial charge in [0, 0.05) is 50.8 Å². The van der Waals surface area contributed by atoms with Crippen LogP contribution in [0.2, 0.25) is 0 Å². The third kappa shape index (κ3) is 22.4. The van der Waals surface area contributed by atoms with Crippen LogP contribution in [0.15, 0.2) is 105 Å². The number of nitrogens with one attached hydrogen (secondary N) is 11. The quantitative estimate of drug-likeness (QED) is 0.0196. The minimum absolute atomic E-state index is 0. The molecule has 0 saturated heterocycles. The molecular weight excluding hydrogens is 1710 g/mol. The Morgan fingerprint density at radius 2 is 1.43 bits per heavy atom. The molecular formula is C77H88N19NaO21S5. The number of thioether (sulfide) groups is 1. The average Bonchev–Trinajstić information content (AvgIpc) is 1.64. The maximum absolute atomic E-state index is 15.4. The van der Waals surface area contributed by atoms with Gasteiger partial charge in [-0.1, -0.05) is 58.4 Å². The number of hydrogen-bond acceptors (Lipinski definition) is 34. The standard InChI is InChI=1S/C77H89N19O21S5.Na/c1-14-41-70-89-48(26-118-70)67(111)95-58(76(13,115)38(12)98)73-91-47(27-121-73)65(109)94-54-37(11)117-74(114)44-23-40(36(10)116-51(101)18-16-15-17-50(99)100)39-19-20-42(56(102)55(39)85-44)84-52(29(2)3)68(112)83-33(7)62(106)80-31(5)61(105)81-34(8)63(107)96-77(75-92-49(28-122-75)66(110)93-53(35(9)97)69(113)87-41)22-21-43(86-57(77)45-24-120-72(54)88-45)71-90-46(25-119-71)64(108)82-32(6)60(104)79-30(4)59(78)103;/h14,19-20,23-25,27-29,34-38,42,48,52-54,56-58,84,97-98,102,115H,4-7,15-18,21-22,26H2,1-3,8-13H3,(H2,78,103)(H,79,104)(H,80,106)(H,81,105)(H,82,108)(H,83,112)(H,87,113)(H,93,110)(H,94,109)(H,95,111)(H,96,107)(H,99,100);/q;+1/p-1/b41-14+;. The van der Waals surface area contributed by atoms with Gasteiger partial charge in [0.05, 0.1) is 69.9 Å². The van der Waals surface area contributed by atoms with Crippen molar-refractivity contribution in [2.45, 2.75) is 191 Å². The van der Waals surface area contributed by atoms with E-state index in [1.54, 1.807) is 13.8 Å². The van der Waals surface area contributed by atoms with Gasteiger partial charge in [0.25, 0.3) is 41.4 Å². The number of carboxylic acids is 1. The summed E-state index contributed by atoms with van der Waals surface area (Å²) in [5.41, 5.74) is -3.12. The van der Waals surface area contributed by atoms with E-state index in [0.717, 1.165) is 57.1 Å². The van der Waals surface area contributed by atoms with Crippen LogP contribution >= 0.6 is 57.1 Å². The maximum Gasteiger partial charge on any atom is 1.00 e. The number of aliphatic imine (C=N–C) groups is 2. The van der Waals surface area contributed by atoms with Crippen LogP contribution in [0.5, 0.6) is 0 Å². The number of aliphatic carboxylic acids is 1. The van der Waals surface area contributed by atoms with Crippen LogP contribution in [0, 0.1) is 5.92 Å². The molecule has 5 aromatic heterocycles. The van der Waals surface area contributed by atoms with Gasteiger partial charge in [0.1, 0.15) is 114 Å². The van der Waals surface area contributed by atoms with Crippen molar-refractivity contribution in [1.29, 1.82) is 0 Å². The number of carboxylic acid groups (broad SMARTS) is 1. The third-order valence-electron chi connectivity index (χ3n) is 20.0. The van der Waals surface area contributed by atoms with Gasteiger partial charge >= 0.3 is 41.5 Å². The van der Waals surface area contributed by atoms with Crippen molar-refractivity contribution in [1.82, 2.24) is 83.4 Å². The Morgan fingerprint density at radius 3 is 2.11 bits per heavy atom. The van der Waals surface area contributed by atoms with E-state index < -0.39 is 213 Å². The summed E-state index contributed by atoms with van der Waals surface area (Å²) in [5, 5.41) is 91.6. The van der Waals surface area contributed by atoms with Gasteiger partial charge in [-0.15, -0.1) is 57.1 Å². The second-order valence-corrected chi connectivity index (χ2v) is 33.9. The van der Waals surface area contributed by atoms with Crippen LogP contribution < -0.4 is 98.9 Å². The van der Waals surface area contributed by atoms with E-state index >= 15 is 14.4 Å². The molecule has 15 atom stereocenters. The first-order valence-electron chi connectivity index (χ1n) is 37.8. The molecule has 5 aliphatic rings. The molecule has 5 aromatic rings. The van der Waals surface area contributed by atoms with Crippen LogP contribution in [0.3, 0.4) is 0 Å². The zero-order valence-corrected chi connectivity index (χ0v) is 74.0. The number of fused-ring (bicyclic) bond motifs is 7. The molecule has 123 heavy (non-hydrogen) atoms. The summed E-state index contributed by atoms with van der Waals surface area (Å²) in [6, 6.07) is -10.8. The number of hydrogen-bond donors (Lipinski definition) is 16. The molecule has 0 fully saturated rings. The molecule has 4 aliphatic heterocycles. The number of rotatable bonds is 17. The van der Waals surface area contributed by atoms with Gasteiger partial charge < -0.3 is 98.7 Å². The molecule has 46 heteroatoms. The number of aromatic nitrogens is 5. The molecule has 0 radical (unpaired) electrons. The molecule has 0 saturated carbocycles. The van der Waals surface area contributed by atoms with Crippen LogP contribution in [-0.2, 0) is 63.0 Å². The molecule has 40 nitrogen and oxygen atoms in total. The van der Waals surface area contributed by atoms with Gasteiger partial charge in [-0.05, 0) is 92.6 Å². The maximum atomic E-state index is 15.4. The number of aliphatic hydroxyl groups excluding tert-OH is 3. The largest absolute Gasteiger partial charge is 1.00 e. The molecule has 10 rings (SSSR count). The van der Waals surface area contributed by atoms with Crippen molar-refractivity contribution in [2.24, 2.45) is 21.6 Å². The first kappa shape index (κ1) is 96.0.